The van der Waals surface area contributed by atoms with E-state index in [1.54, 1.807) is 6.33 Å². The zero-order valence-corrected chi connectivity index (χ0v) is 11.2. The van der Waals surface area contributed by atoms with Gasteiger partial charge in [-0.3, -0.25) is 0 Å². The molecule has 1 unspecified atom stereocenters. The molecule has 1 N–H and O–H groups in total. The van der Waals surface area contributed by atoms with Crippen molar-refractivity contribution in [3.05, 3.63) is 17.6 Å². The molecule has 1 aliphatic heterocycles. The van der Waals surface area contributed by atoms with Gasteiger partial charge >= 0.3 is 0 Å². The minimum absolute atomic E-state index is 0.546. The Kier molecular flexibility index (Phi) is 3.46. The zero-order chi connectivity index (χ0) is 12.4. The molecule has 0 aromatic carbocycles. The fraction of sp³-hybridized carbons (Fsp3) is 0.714. The van der Waals surface area contributed by atoms with Crippen LogP contribution in [0.4, 0.5) is 5.82 Å². The standard InChI is InChI=1S/C14H22N4/c1-18-8-4-5-11(9-18)17-14-12-6-2-3-7-13(12)15-10-16-14/h10-11H,2-9H2,1H3,(H,15,16,17). The molecule has 0 bridgehead atoms. The Morgan fingerprint density at radius 2 is 2.11 bits per heavy atom. The van der Waals surface area contributed by atoms with Gasteiger partial charge in [-0.1, -0.05) is 0 Å². The first-order valence-corrected chi connectivity index (χ1v) is 7.11. The predicted molar refractivity (Wildman–Crippen MR) is 72.8 cm³/mol. The van der Waals surface area contributed by atoms with E-state index in [9.17, 15) is 0 Å². The summed E-state index contributed by atoms with van der Waals surface area (Å²) in [6.07, 6.45) is 9.07. The van der Waals surface area contributed by atoms with Gasteiger partial charge in [0.2, 0.25) is 0 Å². The lowest BCUT2D eigenvalue weighted by Gasteiger charge is -2.31. The van der Waals surface area contributed by atoms with Crippen molar-refractivity contribution in [1.82, 2.24) is 14.9 Å². The third kappa shape index (κ3) is 2.48. The Balaban J connectivity index is 1.76. The summed E-state index contributed by atoms with van der Waals surface area (Å²) < 4.78 is 0. The Morgan fingerprint density at radius 1 is 1.22 bits per heavy atom. The smallest absolute Gasteiger partial charge is 0.133 e. The van der Waals surface area contributed by atoms with Gasteiger partial charge in [-0.25, -0.2) is 9.97 Å². The number of likely N-dealkylation sites (N-methyl/N-ethyl adjacent to an activating group) is 1. The monoisotopic (exact) mass is 246 g/mol. The highest BCUT2D eigenvalue weighted by Crippen LogP contribution is 2.25. The van der Waals surface area contributed by atoms with Gasteiger partial charge in [0.15, 0.2) is 0 Å². The Labute approximate surface area is 109 Å². The van der Waals surface area contributed by atoms with Gasteiger partial charge in [-0.2, -0.15) is 0 Å². The number of fused-ring (bicyclic) bond motifs is 1. The van der Waals surface area contributed by atoms with Gasteiger partial charge in [-0.15, -0.1) is 0 Å². The Hall–Kier alpha value is -1.16. The highest BCUT2D eigenvalue weighted by atomic mass is 15.2. The summed E-state index contributed by atoms with van der Waals surface area (Å²) in [5.41, 5.74) is 2.64. The highest BCUT2D eigenvalue weighted by Gasteiger charge is 2.20. The summed E-state index contributed by atoms with van der Waals surface area (Å²) >= 11 is 0. The normalized spacial score (nSPS) is 24.6. The van der Waals surface area contributed by atoms with Crippen LogP contribution >= 0.6 is 0 Å². The van der Waals surface area contributed by atoms with Crippen LogP contribution in [0.3, 0.4) is 0 Å². The average Bonchev–Trinajstić information content (AvgIpc) is 2.39. The number of aromatic nitrogens is 2. The second-order valence-electron chi connectivity index (χ2n) is 5.60. The molecule has 1 atom stereocenters. The van der Waals surface area contributed by atoms with Crippen molar-refractivity contribution < 1.29 is 0 Å². The first-order valence-electron chi connectivity index (χ1n) is 7.11. The predicted octanol–water partition coefficient (Wildman–Crippen LogP) is 1.86. The van der Waals surface area contributed by atoms with Crippen molar-refractivity contribution in [3.63, 3.8) is 0 Å². The van der Waals surface area contributed by atoms with Crippen molar-refractivity contribution in [2.45, 2.75) is 44.6 Å². The van der Waals surface area contributed by atoms with Gasteiger partial charge in [0.25, 0.3) is 0 Å². The maximum atomic E-state index is 4.47. The average molecular weight is 246 g/mol. The van der Waals surface area contributed by atoms with Crippen LogP contribution in [0.1, 0.15) is 36.9 Å². The molecule has 1 saturated heterocycles. The maximum Gasteiger partial charge on any atom is 0.133 e. The van der Waals surface area contributed by atoms with Crippen LogP contribution in [0.5, 0.6) is 0 Å². The van der Waals surface area contributed by atoms with Gasteiger partial charge in [0.1, 0.15) is 12.1 Å². The Bertz CT molecular complexity index is 418. The maximum absolute atomic E-state index is 4.47. The summed E-state index contributed by atoms with van der Waals surface area (Å²) in [7, 11) is 2.20. The number of nitrogens with zero attached hydrogens (tertiary/aromatic N) is 3. The van der Waals surface area contributed by atoms with E-state index in [4.69, 9.17) is 0 Å². The molecule has 0 saturated carbocycles. The van der Waals surface area contributed by atoms with Gasteiger partial charge in [-0.05, 0) is 52.1 Å². The summed E-state index contributed by atoms with van der Waals surface area (Å²) in [6, 6.07) is 0.546. The van der Waals surface area contributed by atoms with Crippen LogP contribution in [0.2, 0.25) is 0 Å². The molecule has 0 radical (unpaired) electrons. The molecule has 1 aromatic rings. The second-order valence-corrected chi connectivity index (χ2v) is 5.60. The van der Waals surface area contributed by atoms with Crippen LogP contribution in [0, 0.1) is 0 Å². The third-order valence-electron chi connectivity index (χ3n) is 4.09. The van der Waals surface area contributed by atoms with E-state index >= 15 is 0 Å². The molecular formula is C14H22N4. The number of hydrogen-bond acceptors (Lipinski definition) is 4. The minimum atomic E-state index is 0.546. The highest BCUT2D eigenvalue weighted by molar-refractivity contribution is 5.47. The van der Waals surface area contributed by atoms with Crippen molar-refractivity contribution in [3.8, 4) is 0 Å². The van der Waals surface area contributed by atoms with Crippen LogP contribution in [0.25, 0.3) is 0 Å². The molecule has 2 aliphatic rings. The molecular weight excluding hydrogens is 224 g/mol. The van der Waals surface area contributed by atoms with E-state index in [2.05, 4.69) is 27.2 Å². The molecule has 4 nitrogen and oxygen atoms in total. The van der Waals surface area contributed by atoms with Gasteiger partial charge < -0.3 is 10.2 Å². The first-order chi connectivity index (χ1) is 8.83. The number of rotatable bonds is 2. The third-order valence-corrected chi connectivity index (χ3v) is 4.09. The lowest BCUT2D eigenvalue weighted by atomic mass is 9.96. The summed E-state index contributed by atoms with van der Waals surface area (Å²) in [4.78, 5) is 11.3. The van der Waals surface area contributed by atoms with Gasteiger partial charge in [0.05, 0.1) is 0 Å². The minimum Gasteiger partial charge on any atom is -0.366 e. The molecule has 0 amide bonds. The summed E-state index contributed by atoms with van der Waals surface area (Å²) in [5.74, 6) is 1.10. The van der Waals surface area contributed by atoms with E-state index in [0.29, 0.717) is 6.04 Å². The summed E-state index contributed by atoms with van der Waals surface area (Å²) in [5, 5.41) is 3.65. The second kappa shape index (κ2) is 5.22. The molecule has 2 heterocycles. The number of anilines is 1. The van der Waals surface area contributed by atoms with Crippen molar-refractivity contribution in [1.29, 1.82) is 0 Å². The lowest BCUT2D eigenvalue weighted by Crippen LogP contribution is -2.40. The van der Waals surface area contributed by atoms with E-state index in [1.165, 1.54) is 43.5 Å². The zero-order valence-electron chi connectivity index (χ0n) is 11.2. The fourth-order valence-corrected chi connectivity index (χ4v) is 3.12. The van der Waals surface area contributed by atoms with Crippen molar-refractivity contribution in [2.75, 3.05) is 25.5 Å². The first kappa shape index (κ1) is 11.9. The fourth-order valence-electron chi connectivity index (χ4n) is 3.12. The van der Waals surface area contributed by atoms with Crippen molar-refractivity contribution in [2.24, 2.45) is 0 Å². The Morgan fingerprint density at radius 3 is 3.00 bits per heavy atom. The molecule has 1 aromatic heterocycles. The number of piperidine rings is 1. The van der Waals surface area contributed by atoms with E-state index < -0.39 is 0 Å². The topological polar surface area (TPSA) is 41.0 Å². The number of likely N-dealkylation sites (tertiary alicyclic amines) is 1. The number of hydrogen-bond donors (Lipinski definition) is 1. The largest absolute Gasteiger partial charge is 0.366 e. The molecule has 3 rings (SSSR count). The van der Waals surface area contributed by atoms with Crippen LogP contribution < -0.4 is 5.32 Å². The summed E-state index contributed by atoms with van der Waals surface area (Å²) in [6.45, 7) is 2.35. The quantitative estimate of drug-likeness (QED) is 0.865. The molecule has 98 valence electrons. The van der Waals surface area contributed by atoms with Crippen LogP contribution in [0.15, 0.2) is 6.33 Å². The van der Waals surface area contributed by atoms with E-state index in [-0.39, 0.29) is 0 Å². The number of nitrogens with one attached hydrogen (secondary N) is 1. The van der Waals surface area contributed by atoms with Crippen molar-refractivity contribution >= 4 is 5.82 Å². The molecule has 1 aliphatic carbocycles. The van der Waals surface area contributed by atoms with Crippen LogP contribution in [-0.2, 0) is 12.8 Å². The molecule has 0 spiro atoms. The van der Waals surface area contributed by atoms with E-state index in [1.807, 2.05) is 0 Å². The number of aryl methyl sites for hydroxylation is 1. The van der Waals surface area contributed by atoms with E-state index in [0.717, 1.165) is 25.2 Å². The molecule has 18 heavy (non-hydrogen) atoms. The SMILES string of the molecule is CN1CCCC(Nc2ncnc3c2CCCC3)C1. The van der Waals surface area contributed by atoms with Crippen LogP contribution in [-0.4, -0.2) is 41.0 Å². The molecule has 1 fully saturated rings. The lowest BCUT2D eigenvalue weighted by molar-refractivity contribution is 0.260. The van der Waals surface area contributed by atoms with Gasteiger partial charge in [0, 0.05) is 23.8 Å². The molecule has 4 heteroatoms.